The van der Waals surface area contributed by atoms with E-state index in [4.69, 9.17) is 23.7 Å². The first-order chi connectivity index (χ1) is 32.6. The number of likely N-dealkylation sites (tertiary alicyclic amines) is 1. The highest BCUT2D eigenvalue weighted by Crippen LogP contribution is 2.47. The van der Waals surface area contributed by atoms with E-state index < -0.39 is 35.4 Å². The number of aromatic hydroxyl groups is 1. The molecule has 3 amide bonds. The lowest BCUT2D eigenvalue weighted by Gasteiger charge is -2.35. The van der Waals surface area contributed by atoms with Gasteiger partial charge in [-0.2, -0.15) is 0 Å². The number of aliphatic hydroxyl groups is 1. The lowest BCUT2D eigenvalue weighted by atomic mass is 9.85. The second-order valence-electron chi connectivity index (χ2n) is 17.7. The average molecular weight is 968 g/mol. The van der Waals surface area contributed by atoms with Crippen molar-refractivity contribution in [2.45, 2.75) is 65.3 Å². The number of hydrogen-bond acceptors (Lipinski definition) is 12. The van der Waals surface area contributed by atoms with Crippen molar-refractivity contribution in [3.05, 3.63) is 119 Å². The molecule has 2 aromatic heterocycles. The van der Waals surface area contributed by atoms with E-state index in [0.717, 1.165) is 31.7 Å². The molecule has 1 aliphatic rings. The predicted octanol–water partition coefficient (Wildman–Crippen LogP) is 9.04. The molecule has 0 aliphatic carbocycles. The van der Waals surface area contributed by atoms with Gasteiger partial charge in [0, 0.05) is 27.9 Å². The van der Waals surface area contributed by atoms with Crippen LogP contribution in [0, 0.1) is 18.2 Å². The summed E-state index contributed by atoms with van der Waals surface area (Å²) < 4.78 is 43.4. The van der Waals surface area contributed by atoms with Crippen molar-refractivity contribution in [3.63, 3.8) is 0 Å². The summed E-state index contributed by atoms with van der Waals surface area (Å²) in [4.78, 5) is 44.0. The Morgan fingerprint density at radius 1 is 0.809 bits per heavy atom. The van der Waals surface area contributed by atoms with Gasteiger partial charge in [0.2, 0.25) is 17.7 Å². The molecule has 1 fully saturated rings. The first-order valence-corrected chi connectivity index (χ1v) is 24.2. The number of aliphatic hydroxyl groups excluding tert-OH is 1. The first kappa shape index (κ1) is 50.0. The molecule has 0 radical (unpaired) electrons. The van der Waals surface area contributed by atoms with Crippen LogP contribution in [0.15, 0.2) is 102 Å². The number of carbonyl (C=O) groups is 3. The number of ether oxygens (including phenoxy) is 5. The maximum Gasteiger partial charge on any atom is 0.246 e. The van der Waals surface area contributed by atoms with Crippen LogP contribution in [0.1, 0.15) is 51.3 Å². The maximum absolute atomic E-state index is 14.0. The Morgan fingerprint density at radius 3 is 2.10 bits per heavy atom. The van der Waals surface area contributed by atoms with Crippen molar-refractivity contribution in [3.8, 4) is 43.9 Å². The van der Waals surface area contributed by atoms with E-state index in [1.807, 2.05) is 52.0 Å². The van der Waals surface area contributed by atoms with Crippen LogP contribution >= 0.6 is 22.7 Å². The van der Waals surface area contributed by atoms with Crippen molar-refractivity contribution in [1.29, 1.82) is 0 Å². The molecule has 0 unspecified atom stereocenters. The number of fused-ring (bicyclic) bond motifs is 1. The van der Waals surface area contributed by atoms with E-state index in [1.165, 1.54) is 38.8 Å². The fourth-order valence-corrected chi connectivity index (χ4v) is 9.91. The number of amides is 3. The summed E-state index contributed by atoms with van der Waals surface area (Å²) in [6, 6.07) is 26.4. The molecule has 6 aromatic rings. The summed E-state index contributed by atoms with van der Waals surface area (Å²) >= 11 is 3.13. The molecule has 4 aromatic carbocycles. The Labute approximate surface area is 403 Å². The van der Waals surface area contributed by atoms with Crippen LogP contribution in [0.3, 0.4) is 0 Å². The second-order valence-corrected chi connectivity index (χ2v) is 19.7. The summed E-state index contributed by atoms with van der Waals surface area (Å²) in [6.45, 7) is 10.7. The topological polar surface area (TPSA) is 165 Å². The summed E-state index contributed by atoms with van der Waals surface area (Å²) in [5.41, 5.74) is 3.31. The van der Waals surface area contributed by atoms with Crippen molar-refractivity contribution in [2.75, 3.05) is 52.8 Å². The minimum Gasteiger partial charge on any atom is -0.508 e. The third-order valence-corrected chi connectivity index (χ3v) is 13.7. The summed E-state index contributed by atoms with van der Waals surface area (Å²) in [6.07, 6.45) is -0.793. The van der Waals surface area contributed by atoms with Gasteiger partial charge in [-0.1, -0.05) is 57.2 Å². The largest absolute Gasteiger partial charge is 0.508 e. The monoisotopic (exact) mass is 967 g/mol. The van der Waals surface area contributed by atoms with Gasteiger partial charge >= 0.3 is 0 Å². The molecule has 1 aliphatic heterocycles. The molecule has 4 N–H and O–H groups in total. The van der Waals surface area contributed by atoms with Crippen LogP contribution in [-0.2, 0) is 28.6 Å². The molecular weight excluding hydrogens is 910 g/mol. The normalized spacial score (nSPS) is 15.8. The molecule has 16 heteroatoms. The minimum absolute atomic E-state index is 0.0242. The fraction of sp³-hybridized carbons (Fsp3) is 0.365. The number of carbonyl (C=O) groups excluding carboxylic acids is 3. The quantitative estimate of drug-likeness (QED) is 0.0512. The van der Waals surface area contributed by atoms with Crippen LogP contribution in [0.25, 0.3) is 31.0 Å². The van der Waals surface area contributed by atoms with Crippen molar-refractivity contribution in [2.24, 2.45) is 5.41 Å². The summed E-state index contributed by atoms with van der Waals surface area (Å²) in [5, 5.41) is 29.4. The van der Waals surface area contributed by atoms with Crippen molar-refractivity contribution in [1.82, 2.24) is 15.5 Å². The van der Waals surface area contributed by atoms with Crippen molar-refractivity contribution < 1.29 is 52.7 Å². The lowest BCUT2D eigenvalue weighted by Crippen LogP contribution is -2.58. The van der Waals surface area contributed by atoms with Gasteiger partial charge in [0.15, 0.2) is 5.75 Å². The molecule has 68 heavy (non-hydrogen) atoms. The van der Waals surface area contributed by atoms with Gasteiger partial charge < -0.3 is 49.4 Å². The highest BCUT2D eigenvalue weighted by atomic mass is 32.1. The van der Waals surface area contributed by atoms with Crippen molar-refractivity contribution >= 4 is 50.5 Å². The Morgan fingerprint density at radius 2 is 1.44 bits per heavy atom. The molecule has 1 saturated heterocycles. The number of halogens is 1. The van der Waals surface area contributed by atoms with E-state index in [0.29, 0.717) is 43.7 Å². The van der Waals surface area contributed by atoms with E-state index >= 15 is 0 Å². The fourth-order valence-electron chi connectivity index (χ4n) is 7.81. The van der Waals surface area contributed by atoms with Crippen LogP contribution in [0.5, 0.6) is 23.0 Å². The molecule has 13 nitrogen and oxygen atoms in total. The number of nitrogens with one attached hydrogen (secondary N) is 2. The van der Waals surface area contributed by atoms with Gasteiger partial charge in [0.25, 0.3) is 0 Å². The van der Waals surface area contributed by atoms with E-state index in [2.05, 4.69) is 29.0 Å². The van der Waals surface area contributed by atoms with Gasteiger partial charge in [-0.15, -0.1) is 22.7 Å². The molecule has 7 rings (SSSR count). The highest BCUT2D eigenvalue weighted by Gasteiger charge is 2.44. The standard InChI is InChI=1S/C52H58FN3O10S2/c1-32-20-27-67-47(32)35-8-6-34(7-9-35)33(2)54-50(60)43-28-39(58)30-56(43)51(61)49(52(3,4)5)55-45(59)31-64-24-23-62-21-22-63-25-26-65-40-15-17-41(18-16-40)66-46-42-19-14-38(57)29-44(42)68-48(46)36-10-12-37(53)13-11-36/h6-20,27,29,33,39,43,49,57-58H,21-26,28,30-31H2,1-5H3,(H,54,60)(H,55,59)/t33-,39+,43-,49+/m0/s1. The number of β-amino-alcohol motifs (C(OH)–C–C–N with tert-alkyl or cyclic N) is 1. The second kappa shape index (κ2) is 22.9. The van der Waals surface area contributed by atoms with Gasteiger partial charge in [0.1, 0.15) is 48.4 Å². The van der Waals surface area contributed by atoms with Crippen LogP contribution in [0.4, 0.5) is 4.39 Å². The number of hydrogen-bond donors (Lipinski definition) is 4. The van der Waals surface area contributed by atoms with Gasteiger partial charge in [0.05, 0.1) is 50.1 Å². The molecule has 0 spiro atoms. The van der Waals surface area contributed by atoms with Crippen LogP contribution < -0.4 is 20.1 Å². The summed E-state index contributed by atoms with van der Waals surface area (Å²) in [7, 11) is 0. The van der Waals surface area contributed by atoms with E-state index in [-0.39, 0.29) is 56.3 Å². The third-order valence-electron chi connectivity index (χ3n) is 11.4. The average Bonchev–Trinajstić information content (AvgIpc) is 4.03. The lowest BCUT2D eigenvalue weighted by molar-refractivity contribution is -0.144. The van der Waals surface area contributed by atoms with E-state index in [1.54, 1.807) is 65.9 Å². The van der Waals surface area contributed by atoms with Crippen LogP contribution in [-0.4, -0.2) is 104 Å². The molecule has 0 saturated carbocycles. The van der Waals surface area contributed by atoms with E-state index in [9.17, 15) is 29.0 Å². The number of benzene rings is 4. The Hall–Kier alpha value is -5.88. The number of phenols is 1. The Bertz CT molecular complexity index is 2630. The maximum atomic E-state index is 14.0. The number of phenolic OH excluding ortho intramolecular Hbond substituents is 1. The summed E-state index contributed by atoms with van der Waals surface area (Å²) in [5.74, 6) is 0.330. The smallest absolute Gasteiger partial charge is 0.246 e. The predicted molar refractivity (Wildman–Crippen MR) is 262 cm³/mol. The van der Waals surface area contributed by atoms with Gasteiger partial charge in [-0.3, -0.25) is 14.4 Å². The molecule has 0 bridgehead atoms. The number of nitrogens with zero attached hydrogens (tertiary/aromatic N) is 1. The number of aryl methyl sites for hydroxylation is 1. The molecular formula is C52H58FN3O10S2. The zero-order valence-electron chi connectivity index (χ0n) is 38.8. The third kappa shape index (κ3) is 13.0. The zero-order chi connectivity index (χ0) is 48.4. The Kier molecular flexibility index (Phi) is 16.9. The van der Waals surface area contributed by atoms with Gasteiger partial charge in [-0.25, -0.2) is 4.39 Å². The molecule has 4 atom stereocenters. The molecule has 360 valence electrons. The SMILES string of the molecule is Cc1ccsc1-c1ccc([C@H](C)NC(=O)[C@@H]2C[C@@H](O)CN2C(=O)[C@@H](NC(=O)COCCOCCOCCOc2ccc(Oc3c(-c4ccc(F)cc4)sc4cc(O)ccc34)cc2)C(C)(C)C)cc1. The minimum atomic E-state index is -0.978. The molecule has 3 heterocycles. The highest BCUT2D eigenvalue weighted by molar-refractivity contribution is 7.22. The van der Waals surface area contributed by atoms with Crippen LogP contribution in [0.2, 0.25) is 0 Å². The Balaban J connectivity index is 0.780. The van der Waals surface area contributed by atoms with Gasteiger partial charge in [-0.05, 0) is 108 Å². The number of rotatable bonds is 21. The zero-order valence-corrected chi connectivity index (χ0v) is 40.4. The number of thiophene rings is 2. The first-order valence-electron chi connectivity index (χ1n) is 22.5.